The molecule has 8 heteroatoms. The first-order chi connectivity index (χ1) is 16.8. The first-order valence-electron chi connectivity index (χ1n) is 12.2. The quantitative estimate of drug-likeness (QED) is 0.569. The molecule has 0 bridgehead atoms. The molecule has 2 heterocycles. The van der Waals surface area contributed by atoms with Gasteiger partial charge >= 0.3 is 6.18 Å². The van der Waals surface area contributed by atoms with Crippen molar-refractivity contribution in [3.8, 4) is 11.5 Å². The Bertz CT molecular complexity index is 1040. The van der Waals surface area contributed by atoms with Crippen molar-refractivity contribution in [2.75, 3.05) is 46.9 Å². The van der Waals surface area contributed by atoms with E-state index in [9.17, 15) is 18.0 Å². The minimum absolute atomic E-state index is 0.122. The number of halogens is 3. The first kappa shape index (κ1) is 25.4. The minimum Gasteiger partial charge on any atom is -0.493 e. The van der Waals surface area contributed by atoms with Gasteiger partial charge < -0.3 is 19.3 Å². The van der Waals surface area contributed by atoms with Gasteiger partial charge in [-0.1, -0.05) is 18.2 Å². The lowest BCUT2D eigenvalue weighted by atomic mass is 9.96. The number of rotatable bonds is 7. The molecule has 2 aromatic carbocycles. The van der Waals surface area contributed by atoms with Crippen LogP contribution in [-0.2, 0) is 30.2 Å². The molecule has 5 nitrogen and oxygen atoms in total. The highest BCUT2D eigenvalue weighted by atomic mass is 19.4. The molecule has 4 rings (SSSR count). The van der Waals surface area contributed by atoms with Crippen molar-refractivity contribution in [1.29, 1.82) is 0 Å². The number of carbonyl (C=O) groups excluding carboxylic acids is 1. The van der Waals surface area contributed by atoms with Crippen molar-refractivity contribution in [3.05, 3.63) is 58.7 Å². The molecule has 1 saturated heterocycles. The summed E-state index contributed by atoms with van der Waals surface area (Å²) in [6, 6.07) is 9.48. The second kappa shape index (κ2) is 10.9. The molecular weight excluding hydrogens is 457 g/mol. The molecule has 2 aromatic rings. The van der Waals surface area contributed by atoms with Gasteiger partial charge in [-0.2, -0.15) is 13.2 Å². The number of amides is 1. The lowest BCUT2D eigenvalue weighted by Crippen LogP contribution is -2.44. The van der Waals surface area contributed by atoms with Crippen molar-refractivity contribution in [2.45, 2.75) is 38.3 Å². The van der Waals surface area contributed by atoms with E-state index in [2.05, 4.69) is 4.90 Å². The summed E-state index contributed by atoms with van der Waals surface area (Å²) in [7, 11) is 3.21. The van der Waals surface area contributed by atoms with Crippen molar-refractivity contribution in [3.63, 3.8) is 0 Å². The zero-order valence-electron chi connectivity index (χ0n) is 20.4. The van der Waals surface area contributed by atoms with E-state index in [1.54, 1.807) is 20.3 Å². The largest absolute Gasteiger partial charge is 0.493 e. The Hall–Kier alpha value is -2.74. The number of ether oxygens (including phenoxy) is 2. The molecule has 0 aliphatic carbocycles. The second-order valence-corrected chi connectivity index (χ2v) is 9.50. The molecule has 0 radical (unpaired) electrons. The molecule has 1 atom stereocenters. The second-order valence-electron chi connectivity index (χ2n) is 9.50. The van der Waals surface area contributed by atoms with Crippen LogP contribution in [-0.4, -0.2) is 62.7 Å². The Balaban J connectivity index is 1.34. The number of nitrogens with zero attached hydrogens (tertiary/aromatic N) is 2. The smallest absolute Gasteiger partial charge is 0.416 e. The maximum absolute atomic E-state index is 13.1. The van der Waals surface area contributed by atoms with Crippen molar-refractivity contribution < 1.29 is 27.4 Å². The van der Waals surface area contributed by atoms with Crippen LogP contribution in [0.15, 0.2) is 36.4 Å². The summed E-state index contributed by atoms with van der Waals surface area (Å²) in [5.74, 6) is 1.79. The van der Waals surface area contributed by atoms with E-state index in [4.69, 9.17) is 9.47 Å². The molecule has 1 fully saturated rings. The van der Waals surface area contributed by atoms with Crippen LogP contribution in [0.2, 0.25) is 0 Å². The highest BCUT2D eigenvalue weighted by Gasteiger charge is 2.31. The fourth-order valence-electron chi connectivity index (χ4n) is 5.21. The zero-order chi connectivity index (χ0) is 25.0. The summed E-state index contributed by atoms with van der Waals surface area (Å²) in [6.07, 6.45) is -0.530. The van der Waals surface area contributed by atoms with Gasteiger partial charge in [0.15, 0.2) is 11.5 Å². The highest BCUT2D eigenvalue weighted by Crippen LogP contribution is 2.33. The van der Waals surface area contributed by atoms with Crippen molar-refractivity contribution in [1.82, 2.24) is 9.80 Å². The van der Waals surface area contributed by atoms with Gasteiger partial charge in [-0.05, 0) is 73.0 Å². The lowest BCUT2D eigenvalue weighted by molar-refractivity contribution is -0.137. The summed E-state index contributed by atoms with van der Waals surface area (Å²) in [5.41, 5.74) is 2.21. The molecule has 35 heavy (non-hydrogen) atoms. The number of methoxy groups -OCH3 is 2. The Kier molecular flexibility index (Phi) is 7.89. The summed E-state index contributed by atoms with van der Waals surface area (Å²) in [5, 5.41) is 0. The maximum Gasteiger partial charge on any atom is 0.416 e. The fraction of sp³-hybridized carbons (Fsp3) is 0.519. The Morgan fingerprint density at radius 2 is 1.77 bits per heavy atom. The summed E-state index contributed by atoms with van der Waals surface area (Å²) in [4.78, 5) is 17.4. The van der Waals surface area contributed by atoms with Gasteiger partial charge in [0.25, 0.3) is 0 Å². The van der Waals surface area contributed by atoms with Crippen LogP contribution in [0.25, 0.3) is 0 Å². The summed E-state index contributed by atoms with van der Waals surface area (Å²) < 4.78 is 49.8. The van der Waals surface area contributed by atoms with Crippen LogP contribution in [0.3, 0.4) is 0 Å². The molecule has 1 unspecified atom stereocenters. The summed E-state index contributed by atoms with van der Waals surface area (Å²) >= 11 is 0. The van der Waals surface area contributed by atoms with Gasteiger partial charge in [0, 0.05) is 26.2 Å². The van der Waals surface area contributed by atoms with E-state index >= 15 is 0 Å². The van der Waals surface area contributed by atoms with Crippen LogP contribution < -0.4 is 9.47 Å². The van der Waals surface area contributed by atoms with Gasteiger partial charge in [0.1, 0.15) is 0 Å². The molecule has 190 valence electrons. The maximum atomic E-state index is 13.1. The van der Waals surface area contributed by atoms with Gasteiger partial charge in [-0.25, -0.2) is 0 Å². The van der Waals surface area contributed by atoms with E-state index in [1.807, 2.05) is 17.0 Å². The van der Waals surface area contributed by atoms with Gasteiger partial charge in [-0.15, -0.1) is 0 Å². The number of hydrogen-bond donors (Lipinski definition) is 0. The fourth-order valence-corrected chi connectivity index (χ4v) is 5.21. The van der Waals surface area contributed by atoms with Crippen LogP contribution in [0.4, 0.5) is 13.2 Å². The number of fused-ring (bicyclic) bond motifs is 1. The van der Waals surface area contributed by atoms with Crippen LogP contribution >= 0.6 is 0 Å². The molecule has 0 saturated carbocycles. The predicted molar refractivity (Wildman–Crippen MR) is 128 cm³/mol. The average molecular weight is 491 g/mol. The molecule has 0 N–H and O–H groups in total. The Morgan fingerprint density at radius 1 is 1.03 bits per heavy atom. The topological polar surface area (TPSA) is 42.0 Å². The molecule has 1 amide bonds. The SMILES string of the molecule is COc1cc2c(cc1OC)CC(=O)N(CC1CCCN(CCc3cccc(C(F)(F)F)c3)C1)CC2. The van der Waals surface area contributed by atoms with Crippen LogP contribution in [0.5, 0.6) is 11.5 Å². The van der Waals surface area contributed by atoms with Crippen molar-refractivity contribution in [2.24, 2.45) is 5.92 Å². The monoisotopic (exact) mass is 490 g/mol. The third kappa shape index (κ3) is 6.28. The van der Waals surface area contributed by atoms with Crippen molar-refractivity contribution >= 4 is 5.91 Å². The standard InChI is InChI=1S/C27H33F3N2O3/c1-34-24-14-21-9-12-32(26(33)16-22(21)15-25(24)35-2)18-20-6-4-10-31(17-20)11-8-19-5-3-7-23(13-19)27(28,29)30/h3,5,7,13-15,20H,4,6,8-12,16-18H2,1-2H3. The van der Waals surface area contributed by atoms with Gasteiger partial charge in [0.05, 0.1) is 26.2 Å². The van der Waals surface area contributed by atoms with Gasteiger partial charge in [0.2, 0.25) is 5.91 Å². The number of piperidine rings is 1. The van der Waals surface area contributed by atoms with E-state index in [0.717, 1.165) is 56.1 Å². The molecule has 0 aromatic heterocycles. The molecule has 2 aliphatic rings. The molecule has 0 spiro atoms. The predicted octanol–water partition coefficient (Wildman–Crippen LogP) is 4.60. The number of carbonyl (C=O) groups is 1. The molecule has 2 aliphatic heterocycles. The first-order valence-corrected chi connectivity index (χ1v) is 12.2. The normalized spacial score (nSPS) is 19.3. The number of benzene rings is 2. The summed E-state index contributed by atoms with van der Waals surface area (Å²) in [6.45, 7) is 3.89. The van der Waals surface area contributed by atoms with E-state index in [0.29, 0.717) is 48.9 Å². The minimum atomic E-state index is -4.32. The number of likely N-dealkylation sites (tertiary alicyclic amines) is 1. The lowest BCUT2D eigenvalue weighted by Gasteiger charge is -2.35. The Morgan fingerprint density at radius 3 is 2.49 bits per heavy atom. The zero-order valence-corrected chi connectivity index (χ0v) is 20.4. The number of hydrogen-bond acceptors (Lipinski definition) is 4. The van der Waals surface area contributed by atoms with Gasteiger partial charge in [-0.3, -0.25) is 4.79 Å². The number of alkyl halides is 3. The van der Waals surface area contributed by atoms with Crippen LogP contribution in [0, 0.1) is 5.92 Å². The van der Waals surface area contributed by atoms with E-state index in [1.165, 1.54) is 12.1 Å². The third-order valence-electron chi connectivity index (χ3n) is 7.10. The van der Waals surface area contributed by atoms with E-state index in [-0.39, 0.29) is 5.91 Å². The molecular formula is C27H33F3N2O3. The average Bonchev–Trinajstić information content (AvgIpc) is 2.99. The third-order valence-corrected chi connectivity index (χ3v) is 7.10. The van der Waals surface area contributed by atoms with E-state index < -0.39 is 11.7 Å². The van der Waals surface area contributed by atoms with Crippen LogP contribution in [0.1, 0.15) is 35.1 Å². The Labute approximate surface area is 204 Å². The highest BCUT2D eigenvalue weighted by molar-refractivity contribution is 5.80.